The van der Waals surface area contributed by atoms with Gasteiger partial charge in [0.15, 0.2) is 5.65 Å². The quantitative estimate of drug-likeness (QED) is 0.573. The smallest absolute Gasteiger partial charge is 0.269 e. The van der Waals surface area contributed by atoms with Gasteiger partial charge in [-0.15, -0.1) is 12.4 Å². The fourth-order valence-electron chi connectivity index (χ4n) is 2.32. The monoisotopic (exact) mass is 347 g/mol. The van der Waals surface area contributed by atoms with E-state index in [-0.39, 0.29) is 23.6 Å². The Morgan fingerprint density at radius 1 is 1.21 bits per heavy atom. The van der Waals surface area contributed by atoms with E-state index in [1.54, 1.807) is 24.5 Å². The molecule has 2 heterocycles. The molecule has 0 saturated heterocycles. The highest BCUT2D eigenvalue weighted by Gasteiger charge is 2.19. The summed E-state index contributed by atoms with van der Waals surface area (Å²) >= 11 is 0. The van der Waals surface area contributed by atoms with Crippen LogP contribution in [-0.2, 0) is 0 Å². The van der Waals surface area contributed by atoms with Gasteiger partial charge in [0.25, 0.3) is 5.69 Å². The van der Waals surface area contributed by atoms with Gasteiger partial charge in [-0.1, -0.05) is 0 Å². The Kier molecular flexibility index (Phi) is 4.75. The molecular formula is C16H18ClN5O2. The Balaban J connectivity index is 0.00000208. The molecule has 0 spiro atoms. The van der Waals surface area contributed by atoms with Crippen LogP contribution in [0, 0.1) is 10.1 Å². The summed E-state index contributed by atoms with van der Waals surface area (Å²) in [6, 6.07) is 6.39. The van der Waals surface area contributed by atoms with Crippen LogP contribution in [0.25, 0.3) is 16.9 Å². The van der Waals surface area contributed by atoms with E-state index >= 15 is 0 Å². The maximum Gasteiger partial charge on any atom is 0.269 e. The van der Waals surface area contributed by atoms with Crippen LogP contribution in [0.1, 0.15) is 20.8 Å². The predicted molar refractivity (Wildman–Crippen MR) is 95.7 cm³/mol. The van der Waals surface area contributed by atoms with Crippen LogP contribution in [0.4, 0.5) is 11.5 Å². The van der Waals surface area contributed by atoms with E-state index in [4.69, 9.17) is 0 Å². The van der Waals surface area contributed by atoms with E-state index in [2.05, 4.69) is 36.1 Å². The lowest BCUT2D eigenvalue weighted by molar-refractivity contribution is -0.384. The zero-order chi connectivity index (χ0) is 16.6. The Labute approximate surface area is 145 Å². The van der Waals surface area contributed by atoms with Crippen molar-refractivity contribution in [3.05, 3.63) is 53.0 Å². The Morgan fingerprint density at radius 3 is 2.46 bits per heavy atom. The van der Waals surface area contributed by atoms with Crippen LogP contribution in [0.5, 0.6) is 0 Å². The number of nitro groups is 1. The molecule has 126 valence electrons. The Morgan fingerprint density at radius 2 is 1.88 bits per heavy atom. The normalized spacial score (nSPS) is 11.1. The summed E-state index contributed by atoms with van der Waals surface area (Å²) in [4.78, 5) is 19.1. The van der Waals surface area contributed by atoms with Gasteiger partial charge in [-0.3, -0.25) is 19.5 Å². The molecule has 0 bridgehead atoms. The van der Waals surface area contributed by atoms with Crippen LogP contribution in [0.3, 0.4) is 0 Å². The summed E-state index contributed by atoms with van der Waals surface area (Å²) in [5.41, 5.74) is 2.17. The summed E-state index contributed by atoms with van der Waals surface area (Å²) in [5.74, 6) is 0.837. The highest BCUT2D eigenvalue weighted by atomic mass is 35.5. The van der Waals surface area contributed by atoms with Gasteiger partial charge in [0.1, 0.15) is 11.5 Å². The molecule has 3 rings (SSSR count). The number of nitrogens with zero attached hydrogens (tertiary/aromatic N) is 4. The van der Waals surface area contributed by atoms with Crippen molar-refractivity contribution >= 4 is 29.6 Å². The topological polar surface area (TPSA) is 85.4 Å². The van der Waals surface area contributed by atoms with E-state index in [1.165, 1.54) is 12.1 Å². The van der Waals surface area contributed by atoms with Crippen molar-refractivity contribution in [2.45, 2.75) is 26.3 Å². The molecule has 0 saturated carbocycles. The molecule has 1 aromatic carbocycles. The number of nitro benzene ring substituents is 1. The standard InChI is InChI=1S/C16H17N5O2.ClH/c1-16(2,3)19-15-14(18-13-10-17-8-9-20(13)15)11-4-6-12(7-5-11)21(22)23;/h4-10,19H,1-3H3;1H. The number of fused-ring (bicyclic) bond motifs is 1. The first-order valence-electron chi connectivity index (χ1n) is 7.20. The second-order valence-electron chi connectivity index (χ2n) is 6.29. The Bertz CT molecular complexity index is 868. The number of nitrogens with one attached hydrogen (secondary N) is 1. The van der Waals surface area contributed by atoms with Crippen LogP contribution < -0.4 is 5.32 Å². The highest BCUT2D eigenvalue weighted by Crippen LogP contribution is 2.31. The zero-order valence-corrected chi connectivity index (χ0v) is 14.4. The van der Waals surface area contributed by atoms with Gasteiger partial charge in [0.2, 0.25) is 0 Å². The molecule has 7 nitrogen and oxygen atoms in total. The molecule has 0 amide bonds. The number of hydrogen-bond acceptors (Lipinski definition) is 5. The second kappa shape index (κ2) is 6.45. The van der Waals surface area contributed by atoms with Gasteiger partial charge < -0.3 is 5.32 Å². The first-order valence-corrected chi connectivity index (χ1v) is 7.20. The van der Waals surface area contributed by atoms with Crippen molar-refractivity contribution in [1.82, 2.24) is 14.4 Å². The van der Waals surface area contributed by atoms with Gasteiger partial charge >= 0.3 is 0 Å². The third-order valence-electron chi connectivity index (χ3n) is 3.28. The molecule has 3 aromatic rings. The average molecular weight is 348 g/mol. The fourth-order valence-corrected chi connectivity index (χ4v) is 2.32. The van der Waals surface area contributed by atoms with E-state index in [9.17, 15) is 10.1 Å². The number of aromatic nitrogens is 3. The molecule has 0 atom stereocenters. The Hall–Kier alpha value is -2.67. The molecule has 8 heteroatoms. The number of rotatable bonds is 3. The fraction of sp³-hybridized carbons (Fsp3) is 0.250. The molecule has 0 unspecified atom stereocenters. The number of benzene rings is 1. The van der Waals surface area contributed by atoms with Crippen molar-refractivity contribution < 1.29 is 4.92 Å². The van der Waals surface area contributed by atoms with E-state index < -0.39 is 4.92 Å². The number of anilines is 1. The zero-order valence-electron chi connectivity index (χ0n) is 13.6. The second-order valence-corrected chi connectivity index (χ2v) is 6.29. The minimum Gasteiger partial charge on any atom is -0.365 e. The molecule has 0 aliphatic heterocycles. The molecule has 0 radical (unpaired) electrons. The van der Waals surface area contributed by atoms with Crippen molar-refractivity contribution in [3.8, 4) is 11.3 Å². The van der Waals surface area contributed by atoms with Crippen LogP contribution in [-0.4, -0.2) is 24.8 Å². The predicted octanol–water partition coefficient (Wildman–Crippen LogP) is 3.94. The molecule has 2 aromatic heterocycles. The van der Waals surface area contributed by atoms with Crippen molar-refractivity contribution in [2.75, 3.05) is 5.32 Å². The molecule has 0 aliphatic carbocycles. The lowest BCUT2D eigenvalue weighted by Gasteiger charge is -2.22. The summed E-state index contributed by atoms with van der Waals surface area (Å²) in [6.07, 6.45) is 5.22. The molecule has 0 aliphatic rings. The first kappa shape index (κ1) is 17.7. The van der Waals surface area contributed by atoms with Crippen LogP contribution >= 0.6 is 12.4 Å². The summed E-state index contributed by atoms with van der Waals surface area (Å²) in [6.45, 7) is 6.19. The molecule has 1 N–H and O–H groups in total. The van der Waals surface area contributed by atoms with Crippen molar-refractivity contribution in [3.63, 3.8) is 0 Å². The maximum atomic E-state index is 10.8. The van der Waals surface area contributed by atoms with E-state index in [0.717, 1.165) is 17.1 Å². The first-order chi connectivity index (χ1) is 10.8. The summed E-state index contributed by atoms with van der Waals surface area (Å²) < 4.78 is 1.93. The van der Waals surface area contributed by atoms with Gasteiger partial charge in [0, 0.05) is 35.6 Å². The maximum absolute atomic E-state index is 10.8. The summed E-state index contributed by atoms with van der Waals surface area (Å²) in [7, 11) is 0. The van der Waals surface area contributed by atoms with Crippen molar-refractivity contribution in [1.29, 1.82) is 0 Å². The van der Waals surface area contributed by atoms with Gasteiger partial charge in [-0.25, -0.2) is 4.98 Å². The van der Waals surface area contributed by atoms with Gasteiger partial charge in [-0.05, 0) is 32.9 Å². The number of halogens is 1. The third kappa shape index (κ3) is 3.46. The average Bonchev–Trinajstić information content (AvgIpc) is 2.84. The van der Waals surface area contributed by atoms with Crippen LogP contribution in [0.2, 0.25) is 0 Å². The number of imidazole rings is 1. The highest BCUT2D eigenvalue weighted by molar-refractivity contribution is 5.85. The van der Waals surface area contributed by atoms with Gasteiger partial charge in [0.05, 0.1) is 11.1 Å². The largest absolute Gasteiger partial charge is 0.365 e. The van der Waals surface area contributed by atoms with E-state index in [1.807, 2.05) is 10.6 Å². The lowest BCUT2D eigenvalue weighted by atomic mass is 10.1. The number of hydrogen-bond donors (Lipinski definition) is 1. The van der Waals surface area contributed by atoms with E-state index in [0.29, 0.717) is 5.65 Å². The van der Waals surface area contributed by atoms with Crippen molar-refractivity contribution in [2.24, 2.45) is 0 Å². The molecule has 0 fully saturated rings. The minimum atomic E-state index is -0.411. The third-order valence-corrected chi connectivity index (χ3v) is 3.28. The van der Waals surface area contributed by atoms with Gasteiger partial charge in [-0.2, -0.15) is 0 Å². The SMILES string of the molecule is CC(C)(C)Nc1c(-c2ccc([N+](=O)[O-])cc2)nc2cnccn12.Cl. The van der Waals surface area contributed by atoms with Crippen LogP contribution in [0.15, 0.2) is 42.9 Å². The summed E-state index contributed by atoms with van der Waals surface area (Å²) in [5, 5.41) is 14.3. The molecule has 24 heavy (non-hydrogen) atoms. The lowest BCUT2D eigenvalue weighted by Crippen LogP contribution is -2.27. The minimum absolute atomic E-state index is 0. The molecular weight excluding hydrogens is 330 g/mol. The number of non-ortho nitro benzene ring substituents is 1.